The van der Waals surface area contributed by atoms with Crippen LogP contribution in [0.25, 0.3) is 0 Å². The molecular weight excluding hydrogens is 168 g/mol. The molecule has 0 aromatic rings. The maximum absolute atomic E-state index is 9.82. The molecule has 4 nitrogen and oxygen atoms in total. The number of rotatable bonds is 1. The summed E-state index contributed by atoms with van der Waals surface area (Å²) in [6, 6.07) is 0. The van der Waals surface area contributed by atoms with Gasteiger partial charge in [-0.25, -0.2) is 4.99 Å². The number of nitrogens with one attached hydrogen (secondary N) is 1. The predicted octanol–water partition coefficient (Wildman–Crippen LogP) is 1.21. The second kappa shape index (κ2) is 8.52. The Bertz CT molecular complexity index is 206. The van der Waals surface area contributed by atoms with Crippen molar-refractivity contribution in [3.8, 4) is 0 Å². The second-order valence-corrected chi connectivity index (χ2v) is 2.07. The molecule has 0 aliphatic carbocycles. The first-order valence-electron chi connectivity index (χ1n) is 4.00. The number of esters is 1. The van der Waals surface area contributed by atoms with E-state index in [4.69, 9.17) is 0 Å². The molecule has 1 aliphatic heterocycles. The fourth-order valence-corrected chi connectivity index (χ4v) is 0.543. The zero-order valence-corrected chi connectivity index (χ0v) is 7.86. The molecule has 0 unspecified atom stereocenters. The molecule has 1 aliphatic rings. The molecule has 0 fully saturated rings. The third-order valence-electron chi connectivity index (χ3n) is 0.972. The molecule has 1 heterocycles. The van der Waals surface area contributed by atoms with Gasteiger partial charge in [0.05, 0.1) is 12.9 Å². The molecule has 0 atom stereocenters. The zero-order chi connectivity index (χ0) is 9.94. The monoisotopic (exact) mass is 182 g/mol. The van der Waals surface area contributed by atoms with Gasteiger partial charge in [-0.2, -0.15) is 0 Å². The fourth-order valence-electron chi connectivity index (χ4n) is 0.543. The number of carbonyl (C=O) groups excluding carboxylic acids is 1. The minimum Gasteiger partial charge on any atom is -0.466 e. The summed E-state index contributed by atoms with van der Waals surface area (Å²) in [5.41, 5.74) is 0. The van der Waals surface area contributed by atoms with Gasteiger partial charge in [0.25, 0.3) is 0 Å². The first-order valence-corrected chi connectivity index (χ1v) is 4.00. The van der Waals surface area contributed by atoms with E-state index < -0.39 is 0 Å². The third kappa shape index (κ3) is 10.4. The van der Waals surface area contributed by atoms with Crippen molar-refractivity contribution in [2.75, 3.05) is 6.61 Å². The van der Waals surface area contributed by atoms with Crippen LogP contribution in [-0.4, -0.2) is 18.9 Å². The lowest BCUT2D eigenvalue weighted by molar-refractivity contribution is -0.140. The van der Waals surface area contributed by atoms with E-state index in [9.17, 15) is 4.79 Å². The quantitative estimate of drug-likeness (QED) is 0.620. The smallest absolute Gasteiger partial charge is 0.302 e. The minimum absolute atomic E-state index is 0.211. The highest BCUT2D eigenvalue weighted by Crippen LogP contribution is 1.78. The van der Waals surface area contributed by atoms with Crippen LogP contribution >= 0.6 is 0 Å². The average Bonchev–Trinajstić information content (AvgIpc) is 2.35. The van der Waals surface area contributed by atoms with E-state index in [0.717, 1.165) is 0 Å². The zero-order valence-electron chi connectivity index (χ0n) is 7.86. The molecule has 0 aromatic heterocycles. The summed E-state index contributed by atoms with van der Waals surface area (Å²) < 4.78 is 4.40. The molecule has 0 spiro atoms. The van der Waals surface area contributed by atoms with Crippen molar-refractivity contribution < 1.29 is 9.53 Å². The van der Waals surface area contributed by atoms with Crippen molar-refractivity contribution in [1.82, 2.24) is 5.32 Å². The van der Waals surface area contributed by atoms with Crippen LogP contribution in [-0.2, 0) is 9.53 Å². The van der Waals surface area contributed by atoms with Crippen LogP contribution in [0.4, 0.5) is 0 Å². The van der Waals surface area contributed by atoms with Crippen molar-refractivity contribution in [2.45, 2.75) is 13.8 Å². The molecule has 0 saturated carbocycles. The third-order valence-corrected chi connectivity index (χ3v) is 0.972. The molecule has 0 radical (unpaired) electrons. The largest absolute Gasteiger partial charge is 0.466 e. The number of ether oxygens (including phenoxy) is 1. The summed E-state index contributed by atoms with van der Waals surface area (Å²) in [5.74, 6) is -0.211. The summed E-state index contributed by atoms with van der Waals surface area (Å²) in [6.07, 6.45) is 8.90. The Morgan fingerprint density at radius 1 is 1.54 bits per heavy atom. The lowest BCUT2D eigenvalue weighted by atomic mass is 10.6. The Labute approximate surface area is 78.0 Å². The molecule has 1 N–H and O–H groups in total. The van der Waals surface area contributed by atoms with Crippen molar-refractivity contribution >= 4 is 12.3 Å². The summed E-state index contributed by atoms with van der Waals surface area (Å²) in [7, 11) is 0. The standard InChI is InChI=1S/C5H6N2.C4H8O2/c1-2-4-7-5-6-3-1;1-3-6-4(2)5/h1-5H,(H,6,7);3H2,1-2H3. The number of hydrogen-bond donors (Lipinski definition) is 1. The molecule has 0 bridgehead atoms. The van der Waals surface area contributed by atoms with Crippen LogP contribution in [0.2, 0.25) is 0 Å². The van der Waals surface area contributed by atoms with E-state index in [1.807, 2.05) is 18.4 Å². The normalized spacial score (nSPS) is 12.2. The molecule has 72 valence electrons. The Balaban J connectivity index is 0.000000226. The van der Waals surface area contributed by atoms with Gasteiger partial charge in [-0.3, -0.25) is 4.79 Å². The fraction of sp³-hybridized carbons (Fsp3) is 0.333. The summed E-state index contributed by atoms with van der Waals surface area (Å²) in [4.78, 5) is 13.6. The van der Waals surface area contributed by atoms with E-state index >= 15 is 0 Å². The number of aliphatic imine (C=N–C) groups is 1. The Morgan fingerprint density at radius 3 is 2.85 bits per heavy atom. The summed E-state index contributed by atoms with van der Waals surface area (Å²) in [5, 5.41) is 2.81. The molecule has 0 aromatic carbocycles. The first-order chi connectivity index (χ1) is 6.27. The number of carbonyl (C=O) groups is 1. The highest BCUT2D eigenvalue weighted by molar-refractivity contribution is 5.65. The number of hydrogen-bond acceptors (Lipinski definition) is 4. The SMILES string of the molecule is C1=CN=CNC=C1.CCOC(C)=O. The van der Waals surface area contributed by atoms with E-state index in [1.54, 1.807) is 19.5 Å². The van der Waals surface area contributed by atoms with E-state index in [0.29, 0.717) is 6.61 Å². The van der Waals surface area contributed by atoms with Gasteiger partial charge in [-0.1, -0.05) is 0 Å². The second-order valence-electron chi connectivity index (χ2n) is 2.07. The van der Waals surface area contributed by atoms with Gasteiger partial charge >= 0.3 is 5.97 Å². The average molecular weight is 182 g/mol. The molecule has 4 heteroatoms. The molecule has 0 saturated heterocycles. The number of nitrogens with zero attached hydrogens (tertiary/aromatic N) is 1. The van der Waals surface area contributed by atoms with Crippen molar-refractivity contribution in [3.05, 3.63) is 24.6 Å². The molecule has 0 amide bonds. The van der Waals surface area contributed by atoms with Gasteiger partial charge in [0.1, 0.15) is 0 Å². The van der Waals surface area contributed by atoms with Crippen LogP contribution in [0.3, 0.4) is 0 Å². The Kier molecular flexibility index (Phi) is 7.48. The van der Waals surface area contributed by atoms with E-state index in [1.165, 1.54) is 6.92 Å². The summed E-state index contributed by atoms with van der Waals surface area (Å²) >= 11 is 0. The Hall–Kier alpha value is -1.58. The highest BCUT2D eigenvalue weighted by atomic mass is 16.5. The van der Waals surface area contributed by atoms with Crippen molar-refractivity contribution in [1.29, 1.82) is 0 Å². The van der Waals surface area contributed by atoms with Crippen LogP contribution in [0, 0.1) is 0 Å². The van der Waals surface area contributed by atoms with Crippen LogP contribution in [0.1, 0.15) is 13.8 Å². The topological polar surface area (TPSA) is 50.7 Å². The van der Waals surface area contributed by atoms with Gasteiger partial charge in [0, 0.05) is 19.3 Å². The first kappa shape index (κ1) is 11.4. The van der Waals surface area contributed by atoms with Gasteiger partial charge < -0.3 is 10.1 Å². The van der Waals surface area contributed by atoms with Gasteiger partial charge in [0.2, 0.25) is 0 Å². The molecule has 13 heavy (non-hydrogen) atoms. The van der Waals surface area contributed by atoms with Gasteiger partial charge in [-0.15, -0.1) is 0 Å². The van der Waals surface area contributed by atoms with Gasteiger partial charge in [0.15, 0.2) is 0 Å². The van der Waals surface area contributed by atoms with Crippen molar-refractivity contribution in [3.63, 3.8) is 0 Å². The predicted molar refractivity (Wildman–Crippen MR) is 52.2 cm³/mol. The lowest BCUT2D eigenvalue weighted by Crippen LogP contribution is -1.96. The molecule has 1 rings (SSSR count). The number of allylic oxidation sites excluding steroid dienone is 2. The minimum atomic E-state index is -0.211. The lowest BCUT2D eigenvalue weighted by Gasteiger charge is -1.89. The Morgan fingerprint density at radius 2 is 2.31 bits per heavy atom. The van der Waals surface area contributed by atoms with Gasteiger partial charge in [-0.05, 0) is 19.1 Å². The maximum atomic E-state index is 9.82. The van der Waals surface area contributed by atoms with Crippen LogP contribution < -0.4 is 5.32 Å². The molecular formula is C9H14N2O2. The summed E-state index contributed by atoms with van der Waals surface area (Å²) in [6.45, 7) is 3.65. The van der Waals surface area contributed by atoms with E-state index in [2.05, 4.69) is 15.0 Å². The highest BCUT2D eigenvalue weighted by Gasteiger charge is 1.81. The van der Waals surface area contributed by atoms with E-state index in [-0.39, 0.29) is 5.97 Å². The van der Waals surface area contributed by atoms with Crippen molar-refractivity contribution in [2.24, 2.45) is 4.99 Å². The van der Waals surface area contributed by atoms with Crippen LogP contribution in [0.15, 0.2) is 29.5 Å². The maximum Gasteiger partial charge on any atom is 0.302 e. The van der Waals surface area contributed by atoms with Crippen LogP contribution in [0.5, 0.6) is 0 Å².